The molecule has 0 atom stereocenters. The summed E-state index contributed by atoms with van der Waals surface area (Å²) in [5.41, 5.74) is 2.80. The predicted molar refractivity (Wildman–Crippen MR) is 132 cm³/mol. The summed E-state index contributed by atoms with van der Waals surface area (Å²) in [6.45, 7) is 14.3. The molecule has 0 saturated carbocycles. The second-order valence-electron chi connectivity index (χ2n) is 8.29. The third-order valence-corrected chi connectivity index (χ3v) is 5.60. The van der Waals surface area contributed by atoms with Gasteiger partial charge in [0.25, 0.3) is 0 Å². The van der Waals surface area contributed by atoms with Crippen LogP contribution in [0.3, 0.4) is 0 Å². The quantitative estimate of drug-likeness (QED) is 0.343. The molecule has 0 bridgehead atoms. The minimum Gasteiger partial charge on any atom is -0.356 e. The van der Waals surface area contributed by atoms with E-state index >= 15 is 0 Å². The Labute approximate surface area is 189 Å². The molecule has 1 aromatic rings. The molecule has 1 aliphatic heterocycles. The van der Waals surface area contributed by atoms with Crippen LogP contribution in [0.25, 0.3) is 0 Å². The zero-order chi connectivity index (χ0) is 19.7. The number of nitrogens with one attached hydrogen (secondary N) is 2. The smallest absolute Gasteiger partial charge is 0.191 e. The van der Waals surface area contributed by atoms with Crippen LogP contribution in [0.2, 0.25) is 0 Å². The van der Waals surface area contributed by atoms with Crippen molar-refractivity contribution in [3.05, 3.63) is 35.4 Å². The fraction of sp³-hybridized carbons (Fsp3) is 0.682. The van der Waals surface area contributed by atoms with Crippen molar-refractivity contribution in [3.63, 3.8) is 0 Å². The van der Waals surface area contributed by atoms with Gasteiger partial charge in [0.1, 0.15) is 0 Å². The molecule has 2 N–H and O–H groups in total. The molecule has 1 aromatic carbocycles. The highest BCUT2D eigenvalue weighted by Gasteiger charge is 2.21. The Bertz CT molecular complexity index is 585. The highest BCUT2D eigenvalue weighted by molar-refractivity contribution is 14.0. The van der Waals surface area contributed by atoms with Crippen LogP contribution in [0.4, 0.5) is 0 Å². The lowest BCUT2D eigenvalue weighted by molar-refractivity contribution is 0.280. The molecule has 0 unspecified atom stereocenters. The van der Waals surface area contributed by atoms with Crippen LogP contribution in [-0.2, 0) is 11.8 Å². The van der Waals surface area contributed by atoms with Gasteiger partial charge in [-0.05, 0) is 44.1 Å². The summed E-state index contributed by atoms with van der Waals surface area (Å²) < 4.78 is 0. The van der Waals surface area contributed by atoms with Crippen molar-refractivity contribution in [2.75, 3.05) is 59.9 Å². The summed E-state index contributed by atoms with van der Waals surface area (Å²) in [7, 11) is 4.06. The number of nitrogens with zero attached hydrogens (tertiary/aromatic N) is 3. The van der Waals surface area contributed by atoms with Crippen molar-refractivity contribution in [2.24, 2.45) is 4.99 Å². The van der Waals surface area contributed by atoms with Gasteiger partial charge in [-0.25, -0.2) is 0 Å². The maximum atomic E-state index is 4.39. The molecule has 2 rings (SSSR count). The third kappa shape index (κ3) is 8.25. The molecule has 0 amide bonds. The van der Waals surface area contributed by atoms with E-state index in [1.165, 1.54) is 30.6 Å². The molecule has 1 fully saturated rings. The molecule has 0 aromatic heterocycles. The number of hydrogen-bond acceptors (Lipinski definition) is 3. The summed E-state index contributed by atoms with van der Waals surface area (Å²) in [5.74, 6) is 0.889. The van der Waals surface area contributed by atoms with Gasteiger partial charge in [-0.3, -0.25) is 4.99 Å². The number of likely N-dealkylation sites (N-methyl/N-ethyl adjacent to an activating group) is 1. The van der Waals surface area contributed by atoms with Crippen molar-refractivity contribution in [1.82, 2.24) is 20.4 Å². The minimum absolute atomic E-state index is 0. The number of aliphatic imine (C=N–C) groups is 1. The van der Waals surface area contributed by atoms with E-state index in [0.29, 0.717) is 0 Å². The zero-order valence-corrected chi connectivity index (χ0v) is 20.8. The third-order valence-electron chi connectivity index (χ3n) is 5.60. The normalized spacial score (nSPS) is 17.0. The van der Waals surface area contributed by atoms with Gasteiger partial charge in [0.05, 0.1) is 0 Å². The van der Waals surface area contributed by atoms with Crippen molar-refractivity contribution in [1.29, 1.82) is 0 Å². The number of benzene rings is 1. The first kappa shape index (κ1) is 25.2. The molecule has 1 aliphatic rings. The van der Waals surface area contributed by atoms with Gasteiger partial charge < -0.3 is 20.4 Å². The van der Waals surface area contributed by atoms with Crippen LogP contribution >= 0.6 is 24.0 Å². The first-order chi connectivity index (χ1) is 12.9. The maximum absolute atomic E-state index is 4.39. The SMILES string of the molecule is CCc1ccc(C(C)(C)CNC(=NC)NCCN2CCCN(C)CC2)cc1.I. The Kier molecular flexibility index (Phi) is 11.4. The number of aryl methyl sites for hydroxylation is 1. The Balaban J connectivity index is 0.00000392. The first-order valence-electron chi connectivity index (χ1n) is 10.4. The largest absolute Gasteiger partial charge is 0.356 e. The molecule has 0 aliphatic carbocycles. The average molecular weight is 502 g/mol. The summed E-state index contributed by atoms with van der Waals surface area (Å²) in [6, 6.07) is 8.99. The van der Waals surface area contributed by atoms with Gasteiger partial charge in [-0.1, -0.05) is 45.0 Å². The van der Waals surface area contributed by atoms with Crippen molar-refractivity contribution in [2.45, 2.75) is 39.0 Å². The Morgan fingerprint density at radius 3 is 2.43 bits per heavy atom. The molecule has 0 spiro atoms. The number of guanidine groups is 1. The molecule has 5 nitrogen and oxygen atoms in total. The zero-order valence-electron chi connectivity index (χ0n) is 18.4. The monoisotopic (exact) mass is 501 g/mol. The van der Waals surface area contributed by atoms with Gasteiger partial charge in [0, 0.05) is 45.2 Å². The van der Waals surface area contributed by atoms with Gasteiger partial charge in [-0.15, -0.1) is 24.0 Å². The predicted octanol–water partition coefficient (Wildman–Crippen LogP) is 2.95. The Morgan fingerprint density at radius 1 is 1.07 bits per heavy atom. The highest BCUT2D eigenvalue weighted by atomic mass is 127. The van der Waals surface area contributed by atoms with E-state index in [1.54, 1.807) is 0 Å². The molecule has 28 heavy (non-hydrogen) atoms. The van der Waals surface area contributed by atoms with Crippen molar-refractivity contribution < 1.29 is 0 Å². The van der Waals surface area contributed by atoms with E-state index in [1.807, 2.05) is 7.05 Å². The maximum Gasteiger partial charge on any atom is 0.191 e. The van der Waals surface area contributed by atoms with Gasteiger partial charge in [0.2, 0.25) is 0 Å². The highest BCUT2D eigenvalue weighted by Crippen LogP contribution is 2.22. The lowest BCUT2D eigenvalue weighted by Crippen LogP contribution is -2.45. The fourth-order valence-corrected chi connectivity index (χ4v) is 3.47. The number of rotatable bonds is 7. The molecule has 0 radical (unpaired) electrons. The van der Waals surface area contributed by atoms with Crippen LogP contribution in [0.1, 0.15) is 38.3 Å². The molecule has 6 heteroatoms. The van der Waals surface area contributed by atoms with E-state index in [9.17, 15) is 0 Å². The summed E-state index contributed by atoms with van der Waals surface area (Å²) >= 11 is 0. The average Bonchev–Trinajstić information content (AvgIpc) is 2.88. The van der Waals surface area contributed by atoms with Crippen molar-refractivity contribution >= 4 is 29.9 Å². The van der Waals surface area contributed by atoms with Gasteiger partial charge in [0.15, 0.2) is 5.96 Å². The second-order valence-corrected chi connectivity index (χ2v) is 8.29. The van der Waals surface area contributed by atoms with E-state index in [0.717, 1.165) is 45.1 Å². The van der Waals surface area contributed by atoms with E-state index in [-0.39, 0.29) is 29.4 Å². The fourth-order valence-electron chi connectivity index (χ4n) is 3.47. The molecular weight excluding hydrogens is 461 g/mol. The second kappa shape index (κ2) is 12.6. The Morgan fingerprint density at radius 2 is 1.79 bits per heavy atom. The molecule has 1 heterocycles. The van der Waals surface area contributed by atoms with Crippen LogP contribution in [0.15, 0.2) is 29.3 Å². The molecule has 1 saturated heterocycles. The van der Waals surface area contributed by atoms with Crippen LogP contribution < -0.4 is 10.6 Å². The van der Waals surface area contributed by atoms with E-state index < -0.39 is 0 Å². The lowest BCUT2D eigenvalue weighted by atomic mass is 9.84. The lowest BCUT2D eigenvalue weighted by Gasteiger charge is -2.27. The summed E-state index contributed by atoms with van der Waals surface area (Å²) in [5, 5.41) is 6.98. The standard InChI is InChI=1S/C22H39N5.HI/c1-6-19-8-10-20(11-9-19)22(2,3)18-25-21(23-4)24-12-15-27-14-7-13-26(5)16-17-27;/h8-11H,6-7,12-18H2,1-5H3,(H2,23,24,25);1H. The number of hydrogen-bond donors (Lipinski definition) is 2. The van der Waals surface area contributed by atoms with Gasteiger partial charge in [-0.2, -0.15) is 0 Å². The first-order valence-corrected chi connectivity index (χ1v) is 10.4. The van der Waals surface area contributed by atoms with Crippen LogP contribution in [-0.4, -0.2) is 75.7 Å². The molecular formula is C22H40IN5. The van der Waals surface area contributed by atoms with Crippen LogP contribution in [0.5, 0.6) is 0 Å². The Hall–Kier alpha value is -0.860. The minimum atomic E-state index is 0. The van der Waals surface area contributed by atoms with Gasteiger partial charge >= 0.3 is 0 Å². The summed E-state index contributed by atoms with van der Waals surface area (Å²) in [4.78, 5) is 9.36. The van der Waals surface area contributed by atoms with Crippen molar-refractivity contribution in [3.8, 4) is 0 Å². The van der Waals surface area contributed by atoms with E-state index in [4.69, 9.17) is 0 Å². The van der Waals surface area contributed by atoms with E-state index in [2.05, 4.69) is 77.5 Å². The summed E-state index contributed by atoms with van der Waals surface area (Å²) in [6.07, 6.45) is 2.34. The molecule has 160 valence electrons. The number of halogens is 1. The van der Waals surface area contributed by atoms with Crippen LogP contribution in [0, 0.1) is 0 Å². The topological polar surface area (TPSA) is 42.9 Å².